The molecule has 2 aromatic rings. The van der Waals surface area contributed by atoms with Crippen LogP contribution in [-0.2, 0) is 24.1 Å². The molecule has 0 radical (unpaired) electrons. The number of amides is 2. The van der Waals surface area contributed by atoms with Crippen LogP contribution in [0.2, 0.25) is 0 Å². The summed E-state index contributed by atoms with van der Waals surface area (Å²) < 4.78 is 0. The van der Waals surface area contributed by atoms with Crippen molar-refractivity contribution < 1.29 is 9.59 Å². The maximum absolute atomic E-state index is 12.4. The molecule has 25 heavy (non-hydrogen) atoms. The molecular formula is C20H24N2O2S. The highest BCUT2D eigenvalue weighted by molar-refractivity contribution is 7.17. The lowest BCUT2D eigenvalue weighted by Gasteiger charge is -2.10. The van der Waals surface area contributed by atoms with Crippen LogP contribution >= 0.6 is 11.3 Å². The zero-order valence-electron chi connectivity index (χ0n) is 14.3. The number of fused-ring (bicyclic) bond motifs is 1. The van der Waals surface area contributed by atoms with Gasteiger partial charge in [-0.25, -0.2) is 0 Å². The van der Waals surface area contributed by atoms with Gasteiger partial charge in [0.2, 0.25) is 5.91 Å². The number of hydrogen-bond donors (Lipinski definition) is 2. The minimum Gasteiger partial charge on any atom is -0.365 e. The number of rotatable bonds is 5. The van der Waals surface area contributed by atoms with E-state index in [-0.39, 0.29) is 5.91 Å². The van der Waals surface area contributed by atoms with Gasteiger partial charge in [0.05, 0.1) is 5.56 Å². The Morgan fingerprint density at radius 2 is 1.76 bits per heavy atom. The lowest BCUT2D eigenvalue weighted by Crippen LogP contribution is -2.18. The number of nitrogens with one attached hydrogen (secondary N) is 1. The lowest BCUT2D eigenvalue weighted by molar-refractivity contribution is -0.116. The van der Waals surface area contributed by atoms with Gasteiger partial charge in [-0.2, -0.15) is 0 Å². The van der Waals surface area contributed by atoms with Crippen LogP contribution in [0, 0.1) is 0 Å². The summed E-state index contributed by atoms with van der Waals surface area (Å²) in [6.07, 6.45) is 7.55. The van der Waals surface area contributed by atoms with Crippen molar-refractivity contribution in [3.05, 3.63) is 51.9 Å². The normalized spacial score (nSPS) is 14.2. The van der Waals surface area contributed by atoms with Crippen LogP contribution in [0.15, 0.2) is 30.3 Å². The molecule has 0 unspecified atom stereocenters. The Balaban J connectivity index is 1.73. The third-order valence-electron chi connectivity index (χ3n) is 4.65. The predicted molar refractivity (Wildman–Crippen MR) is 102 cm³/mol. The summed E-state index contributed by atoms with van der Waals surface area (Å²) >= 11 is 1.53. The van der Waals surface area contributed by atoms with Crippen molar-refractivity contribution in [2.75, 3.05) is 5.32 Å². The average molecular weight is 356 g/mol. The number of carbonyl (C=O) groups is 2. The minimum absolute atomic E-state index is 0.0689. The van der Waals surface area contributed by atoms with E-state index in [1.165, 1.54) is 29.1 Å². The summed E-state index contributed by atoms with van der Waals surface area (Å²) in [6, 6.07) is 9.93. The number of anilines is 1. The monoisotopic (exact) mass is 356 g/mol. The third-order valence-corrected chi connectivity index (χ3v) is 5.86. The molecule has 1 aliphatic rings. The van der Waals surface area contributed by atoms with Gasteiger partial charge in [0.25, 0.3) is 5.91 Å². The summed E-state index contributed by atoms with van der Waals surface area (Å²) in [6.45, 7) is 0. The van der Waals surface area contributed by atoms with Gasteiger partial charge in [0.15, 0.2) is 0 Å². The smallest absolute Gasteiger partial charge is 0.251 e. The molecule has 1 aromatic carbocycles. The number of benzene rings is 1. The van der Waals surface area contributed by atoms with Gasteiger partial charge in [0, 0.05) is 11.3 Å². The quantitative estimate of drug-likeness (QED) is 0.847. The van der Waals surface area contributed by atoms with Crippen LogP contribution in [0.4, 0.5) is 5.00 Å². The van der Waals surface area contributed by atoms with Crippen molar-refractivity contribution in [2.45, 2.75) is 51.4 Å². The molecule has 0 saturated carbocycles. The average Bonchev–Trinajstić information content (AvgIpc) is 2.90. The maximum Gasteiger partial charge on any atom is 0.251 e. The molecule has 4 nitrogen and oxygen atoms in total. The van der Waals surface area contributed by atoms with E-state index in [1.54, 1.807) is 0 Å². The number of primary amides is 1. The van der Waals surface area contributed by atoms with E-state index < -0.39 is 5.91 Å². The van der Waals surface area contributed by atoms with Gasteiger partial charge in [0.1, 0.15) is 5.00 Å². The van der Waals surface area contributed by atoms with E-state index in [4.69, 9.17) is 5.73 Å². The molecule has 2 amide bonds. The Kier molecular flexibility index (Phi) is 5.87. The second-order valence-electron chi connectivity index (χ2n) is 6.52. The summed E-state index contributed by atoms with van der Waals surface area (Å²) in [5, 5.41) is 3.58. The first-order valence-corrected chi connectivity index (χ1v) is 9.75. The van der Waals surface area contributed by atoms with Gasteiger partial charge in [-0.1, -0.05) is 43.2 Å². The van der Waals surface area contributed by atoms with Gasteiger partial charge >= 0.3 is 0 Å². The third kappa shape index (κ3) is 4.48. The number of hydrogen-bond acceptors (Lipinski definition) is 3. The highest BCUT2D eigenvalue weighted by atomic mass is 32.1. The zero-order valence-corrected chi connectivity index (χ0v) is 15.2. The summed E-state index contributed by atoms with van der Waals surface area (Å²) in [7, 11) is 0. The summed E-state index contributed by atoms with van der Waals surface area (Å²) in [5.74, 6) is -0.503. The molecule has 0 aliphatic heterocycles. The second-order valence-corrected chi connectivity index (χ2v) is 7.63. The van der Waals surface area contributed by atoms with Gasteiger partial charge in [-0.3, -0.25) is 9.59 Å². The molecule has 0 fully saturated rings. The van der Waals surface area contributed by atoms with E-state index >= 15 is 0 Å². The Labute approximate surface area is 152 Å². The number of aryl methyl sites for hydroxylation is 2. The molecule has 3 rings (SSSR count). The minimum atomic E-state index is -0.434. The Hall–Kier alpha value is -2.14. The van der Waals surface area contributed by atoms with E-state index in [0.29, 0.717) is 23.4 Å². The summed E-state index contributed by atoms with van der Waals surface area (Å²) in [4.78, 5) is 25.6. The van der Waals surface area contributed by atoms with Crippen molar-refractivity contribution in [3.8, 4) is 0 Å². The van der Waals surface area contributed by atoms with Crippen LogP contribution in [0.25, 0.3) is 0 Å². The lowest BCUT2D eigenvalue weighted by atomic mass is 9.96. The van der Waals surface area contributed by atoms with Crippen molar-refractivity contribution in [3.63, 3.8) is 0 Å². The van der Waals surface area contributed by atoms with Crippen LogP contribution in [0.5, 0.6) is 0 Å². The van der Waals surface area contributed by atoms with E-state index in [2.05, 4.69) is 5.32 Å². The van der Waals surface area contributed by atoms with E-state index in [9.17, 15) is 9.59 Å². The van der Waals surface area contributed by atoms with Crippen molar-refractivity contribution in [2.24, 2.45) is 5.73 Å². The van der Waals surface area contributed by atoms with Gasteiger partial charge < -0.3 is 11.1 Å². The van der Waals surface area contributed by atoms with Crippen LogP contribution in [-0.4, -0.2) is 11.8 Å². The molecule has 132 valence electrons. The first-order chi connectivity index (χ1) is 12.1. The molecule has 1 aromatic heterocycles. The molecular weight excluding hydrogens is 332 g/mol. The van der Waals surface area contributed by atoms with Crippen LogP contribution < -0.4 is 11.1 Å². The fourth-order valence-electron chi connectivity index (χ4n) is 3.36. The Morgan fingerprint density at radius 3 is 2.48 bits per heavy atom. The van der Waals surface area contributed by atoms with Crippen molar-refractivity contribution in [1.29, 1.82) is 0 Å². The highest BCUT2D eigenvalue weighted by Gasteiger charge is 2.23. The standard InChI is InChI=1S/C20H24N2O2S/c21-19(24)18-15-10-6-1-2-7-11-16(15)25-20(18)22-17(23)13-12-14-8-4-3-5-9-14/h3-5,8-9H,1-2,6-7,10-13H2,(H2,21,24)(H,22,23). The predicted octanol–water partition coefficient (Wildman–Crippen LogP) is 4.08. The molecule has 1 aliphatic carbocycles. The van der Waals surface area contributed by atoms with Gasteiger partial charge in [-0.15, -0.1) is 11.3 Å². The summed E-state index contributed by atoms with van der Waals surface area (Å²) in [5.41, 5.74) is 8.36. The molecule has 0 atom stereocenters. The largest absolute Gasteiger partial charge is 0.365 e. The highest BCUT2D eigenvalue weighted by Crippen LogP contribution is 2.36. The second kappa shape index (κ2) is 8.30. The first-order valence-electron chi connectivity index (χ1n) is 8.93. The zero-order chi connectivity index (χ0) is 17.6. The molecule has 1 heterocycles. The molecule has 0 saturated heterocycles. The van der Waals surface area contributed by atoms with Crippen LogP contribution in [0.3, 0.4) is 0 Å². The first kappa shape index (κ1) is 17.7. The van der Waals surface area contributed by atoms with E-state index in [0.717, 1.165) is 36.8 Å². The fourth-order valence-corrected chi connectivity index (χ4v) is 4.67. The SMILES string of the molecule is NC(=O)c1c(NC(=O)CCc2ccccc2)sc2c1CCCCCC2. The fraction of sp³-hybridized carbons (Fsp3) is 0.400. The molecule has 0 spiro atoms. The van der Waals surface area contributed by atoms with Crippen LogP contribution in [0.1, 0.15) is 58.5 Å². The van der Waals surface area contributed by atoms with Crippen molar-refractivity contribution in [1.82, 2.24) is 0 Å². The van der Waals surface area contributed by atoms with Crippen molar-refractivity contribution >= 4 is 28.2 Å². The maximum atomic E-state index is 12.4. The topological polar surface area (TPSA) is 72.2 Å². The van der Waals surface area contributed by atoms with Gasteiger partial charge in [-0.05, 0) is 43.2 Å². The molecule has 3 N–H and O–H groups in total. The number of nitrogens with two attached hydrogens (primary N) is 1. The number of carbonyl (C=O) groups excluding carboxylic acids is 2. The van der Waals surface area contributed by atoms with E-state index in [1.807, 2.05) is 30.3 Å². The number of thiophene rings is 1. The Morgan fingerprint density at radius 1 is 1.04 bits per heavy atom. The Bertz CT molecular complexity index is 753. The molecule has 5 heteroatoms. The molecule has 0 bridgehead atoms.